The Morgan fingerprint density at radius 3 is 2.83 bits per heavy atom. The van der Waals surface area contributed by atoms with Crippen LogP contribution in [-0.2, 0) is 11.2 Å². The summed E-state index contributed by atoms with van der Waals surface area (Å²) in [5.41, 5.74) is 2.13. The second-order valence-electron chi connectivity index (χ2n) is 7.31. The fraction of sp³-hybridized carbons (Fsp3) is 0.450. The van der Waals surface area contributed by atoms with Crippen LogP contribution in [0.25, 0.3) is 0 Å². The number of anilines is 3. The lowest BCUT2D eigenvalue weighted by molar-refractivity contribution is -0.385. The van der Waals surface area contributed by atoms with Gasteiger partial charge in [0.2, 0.25) is 11.9 Å². The van der Waals surface area contributed by atoms with Crippen molar-refractivity contribution in [3.8, 4) is 0 Å². The number of amides is 1. The Bertz CT molecular complexity index is 917. The number of nitro groups is 1. The van der Waals surface area contributed by atoms with Gasteiger partial charge in [-0.25, -0.2) is 4.98 Å². The number of nitrogens with one attached hydrogen (secondary N) is 2. The number of aryl methyl sites for hydroxylation is 2. The van der Waals surface area contributed by atoms with Crippen LogP contribution in [0.3, 0.4) is 0 Å². The lowest BCUT2D eigenvalue weighted by atomic mass is 10.2. The lowest BCUT2D eigenvalue weighted by Gasteiger charge is -2.19. The van der Waals surface area contributed by atoms with Crippen molar-refractivity contribution in [2.24, 2.45) is 0 Å². The van der Waals surface area contributed by atoms with Crippen LogP contribution in [0.1, 0.15) is 37.9 Å². The molecule has 0 unspecified atom stereocenters. The molecule has 1 saturated heterocycles. The Balaban J connectivity index is 1.85. The number of benzene rings is 1. The maximum absolute atomic E-state index is 11.3. The SMILES string of the molecule is CCCc1cc(N2CC[C@H](NC(C)=O)C2)nc(Nc2ccc(C)c([N+](=O)[O-])c2)n1. The molecule has 1 aromatic carbocycles. The Kier molecular flexibility index (Phi) is 6.26. The van der Waals surface area contributed by atoms with Gasteiger partial charge in [0.15, 0.2) is 0 Å². The first-order valence-electron chi connectivity index (χ1n) is 9.77. The highest BCUT2D eigenvalue weighted by atomic mass is 16.6. The fourth-order valence-corrected chi connectivity index (χ4v) is 3.47. The molecule has 0 bridgehead atoms. The van der Waals surface area contributed by atoms with Gasteiger partial charge >= 0.3 is 0 Å². The minimum atomic E-state index is -0.396. The van der Waals surface area contributed by atoms with E-state index in [1.165, 1.54) is 13.0 Å². The summed E-state index contributed by atoms with van der Waals surface area (Å²) < 4.78 is 0. The summed E-state index contributed by atoms with van der Waals surface area (Å²) in [6.45, 7) is 6.80. The molecule has 1 amide bonds. The van der Waals surface area contributed by atoms with Crippen LogP contribution in [0.2, 0.25) is 0 Å². The van der Waals surface area contributed by atoms with Crippen LogP contribution >= 0.6 is 0 Å². The van der Waals surface area contributed by atoms with Crippen LogP contribution in [0.4, 0.5) is 23.1 Å². The predicted octanol–water partition coefficient (Wildman–Crippen LogP) is 3.10. The van der Waals surface area contributed by atoms with Gasteiger partial charge in [0, 0.05) is 55.1 Å². The van der Waals surface area contributed by atoms with Crippen molar-refractivity contribution in [1.82, 2.24) is 15.3 Å². The van der Waals surface area contributed by atoms with Crippen molar-refractivity contribution >= 4 is 29.0 Å². The summed E-state index contributed by atoms with van der Waals surface area (Å²) >= 11 is 0. The third-order valence-electron chi connectivity index (χ3n) is 4.85. The highest BCUT2D eigenvalue weighted by Gasteiger charge is 2.25. The molecule has 2 heterocycles. The van der Waals surface area contributed by atoms with Gasteiger partial charge in [-0.15, -0.1) is 0 Å². The van der Waals surface area contributed by atoms with Crippen LogP contribution in [-0.4, -0.2) is 39.9 Å². The zero-order valence-electron chi connectivity index (χ0n) is 16.9. The second kappa shape index (κ2) is 8.85. The van der Waals surface area contributed by atoms with E-state index in [9.17, 15) is 14.9 Å². The quantitative estimate of drug-likeness (QED) is 0.544. The molecule has 0 saturated carbocycles. The molecule has 29 heavy (non-hydrogen) atoms. The number of hydrogen-bond acceptors (Lipinski definition) is 7. The zero-order valence-corrected chi connectivity index (χ0v) is 16.9. The molecule has 154 valence electrons. The van der Waals surface area contributed by atoms with Crippen LogP contribution < -0.4 is 15.5 Å². The minimum absolute atomic E-state index is 0.0328. The number of aromatic nitrogens is 2. The van der Waals surface area contributed by atoms with Gasteiger partial charge in [-0.1, -0.05) is 19.4 Å². The summed E-state index contributed by atoms with van der Waals surface area (Å²) in [4.78, 5) is 33.5. The van der Waals surface area contributed by atoms with E-state index in [0.717, 1.165) is 37.3 Å². The molecule has 1 fully saturated rings. The summed E-state index contributed by atoms with van der Waals surface area (Å²) in [5, 5.41) is 17.3. The smallest absolute Gasteiger partial charge is 0.274 e. The van der Waals surface area contributed by atoms with Crippen molar-refractivity contribution in [1.29, 1.82) is 0 Å². The normalized spacial score (nSPS) is 16.0. The standard InChI is InChI=1S/C20H26N6O3/c1-4-5-15-11-19(25-9-8-17(12-25)21-14(3)27)24-20(22-15)23-16-7-6-13(2)18(10-16)26(28)29/h6-7,10-11,17H,4-5,8-9,12H2,1-3H3,(H,21,27)(H,22,23,24)/t17-/m0/s1. The first kappa shape index (κ1) is 20.5. The average molecular weight is 398 g/mol. The van der Waals surface area contributed by atoms with Gasteiger partial charge in [0.25, 0.3) is 5.69 Å². The summed E-state index contributed by atoms with van der Waals surface area (Å²) in [6, 6.07) is 7.06. The van der Waals surface area contributed by atoms with E-state index in [2.05, 4.69) is 32.4 Å². The Hall–Kier alpha value is -3.23. The molecule has 9 nitrogen and oxygen atoms in total. The Labute approximate surface area is 169 Å². The maximum Gasteiger partial charge on any atom is 0.274 e. The molecule has 1 aliphatic heterocycles. The van der Waals surface area contributed by atoms with E-state index >= 15 is 0 Å². The monoisotopic (exact) mass is 398 g/mol. The van der Waals surface area contributed by atoms with Crippen molar-refractivity contribution in [2.75, 3.05) is 23.3 Å². The fourth-order valence-electron chi connectivity index (χ4n) is 3.47. The second-order valence-corrected chi connectivity index (χ2v) is 7.31. The molecule has 1 atom stereocenters. The number of carbonyl (C=O) groups excluding carboxylic acids is 1. The molecular weight excluding hydrogens is 372 g/mol. The highest BCUT2D eigenvalue weighted by Crippen LogP contribution is 2.26. The van der Waals surface area contributed by atoms with E-state index < -0.39 is 4.92 Å². The van der Waals surface area contributed by atoms with Gasteiger partial charge in [-0.3, -0.25) is 14.9 Å². The number of hydrogen-bond donors (Lipinski definition) is 2. The van der Waals surface area contributed by atoms with E-state index in [4.69, 9.17) is 0 Å². The summed E-state index contributed by atoms with van der Waals surface area (Å²) in [5.74, 6) is 1.17. The topological polar surface area (TPSA) is 113 Å². The molecule has 0 spiro atoms. The number of rotatable bonds is 7. The minimum Gasteiger partial charge on any atom is -0.354 e. The van der Waals surface area contributed by atoms with Gasteiger partial charge in [-0.05, 0) is 25.8 Å². The molecule has 0 aliphatic carbocycles. The number of nitrogens with zero attached hydrogens (tertiary/aromatic N) is 4. The van der Waals surface area contributed by atoms with Crippen LogP contribution in [0.5, 0.6) is 0 Å². The van der Waals surface area contributed by atoms with Crippen LogP contribution in [0, 0.1) is 17.0 Å². The van der Waals surface area contributed by atoms with Gasteiger partial charge in [0.05, 0.1) is 4.92 Å². The number of nitro benzene ring substituents is 1. The molecular formula is C20H26N6O3. The molecule has 9 heteroatoms. The van der Waals surface area contributed by atoms with Crippen molar-refractivity contribution in [3.63, 3.8) is 0 Å². The van der Waals surface area contributed by atoms with E-state index in [-0.39, 0.29) is 17.6 Å². The Morgan fingerprint density at radius 2 is 2.14 bits per heavy atom. The number of carbonyl (C=O) groups is 1. The predicted molar refractivity (Wildman–Crippen MR) is 112 cm³/mol. The van der Waals surface area contributed by atoms with Crippen LogP contribution in [0.15, 0.2) is 24.3 Å². The largest absolute Gasteiger partial charge is 0.354 e. The molecule has 2 N–H and O–H groups in total. The van der Waals surface area contributed by atoms with Gasteiger partial charge in [0.1, 0.15) is 5.82 Å². The highest BCUT2D eigenvalue weighted by molar-refractivity contribution is 5.73. The summed E-state index contributed by atoms with van der Waals surface area (Å²) in [6.07, 6.45) is 2.61. The molecule has 3 rings (SSSR count). The summed E-state index contributed by atoms with van der Waals surface area (Å²) in [7, 11) is 0. The zero-order chi connectivity index (χ0) is 21.0. The Morgan fingerprint density at radius 1 is 1.34 bits per heavy atom. The lowest BCUT2D eigenvalue weighted by Crippen LogP contribution is -2.35. The van der Waals surface area contributed by atoms with Gasteiger partial charge < -0.3 is 15.5 Å². The third-order valence-corrected chi connectivity index (χ3v) is 4.85. The maximum atomic E-state index is 11.3. The average Bonchev–Trinajstić information content (AvgIpc) is 3.11. The van der Waals surface area contributed by atoms with E-state index in [0.29, 0.717) is 23.7 Å². The van der Waals surface area contributed by atoms with Gasteiger partial charge in [-0.2, -0.15) is 4.98 Å². The molecule has 1 aromatic heterocycles. The third kappa shape index (κ3) is 5.18. The van der Waals surface area contributed by atoms with Crippen molar-refractivity contribution in [2.45, 2.75) is 46.1 Å². The molecule has 0 radical (unpaired) electrons. The molecule has 1 aliphatic rings. The van der Waals surface area contributed by atoms with Crippen molar-refractivity contribution in [3.05, 3.63) is 45.6 Å². The van der Waals surface area contributed by atoms with E-state index in [1.807, 2.05) is 6.07 Å². The first-order chi connectivity index (χ1) is 13.9. The first-order valence-corrected chi connectivity index (χ1v) is 9.77. The van der Waals surface area contributed by atoms with Crippen molar-refractivity contribution < 1.29 is 9.72 Å². The molecule has 2 aromatic rings. The van der Waals surface area contributed by atoms with E-state index in [1.54, 1.807) is 19.1 Å².